The van der Waals surface area contributed by atoms with Crippen LogP contribution in [-0.2, 0) is 4.79 Å². The van der Waals surface area contributed by atoms with E-state index in [2.05, 4.69) is 0 Å². The van der Waals surface area contributed by atoms with Crippen LogP contribution in [0.1, 0.15) is 23.5 Å². The average Bonchev–Trinajstić information content (AvgIpc) is 3.01. The Labute approximate surface area is 127 Å². The van der Waals surface area contributed by atoms with Gasteiger partial charge in [-0.1, -0.05) is 6.07 Å². The Morgan fingerprint density at radius 2 is 1.86 bits per heavy atom. The van der Waals surface area contributed by atoms with Crippen LogP contribution < -0.4 is 18.9 Å². The lowest BCUT2D eigenvalue weighted by molar-refractivity contribution is -0.135. The summed E-state index contributed by atoms with van der Waals surface area (Å²) < 4.78 is 21.4. The number of hydrogen-bond acceptors (Lipinski definition) is 5. The van der Waals surface area contributed by atoms with Crippen molar-refractivity contribution in [3.63, 3.8) is 0 Å². The molecule has 2 aliphatic rings. The molecule has 0 saturated heterocycles. The second-order valence-electron chi connectivity index (χ2n) is 5.25. The number of benzene rings is 2. The van der Waals surface area contributed by atoms with Gasteiger partial charge < -0.3 is 18.9 Å². The zero-order valence-electron chi connectivity index (χ0n) is 12.0. The Kier molecular flexibility index (Phi) is 2.92. The van der Waals surface area contributed by atoms with Gasteiger partial charge in [-0.25, -0.2) is 0 Å². The van der Waals surface area contributed by atoms with Crippen LogP contribution in [0, 0.1) is 0 Å². The van der Waals surface area contributed by atoms with Crippen molar-refractivity contribution in [2.75, 3.05) is 13.9 Å². The summed E-state index contributed by atoms with van der Waals surface area (Å²) in [6, 6.07) is 11.2. The Morgan fingerprint density at radius 3 is 2.73 bits per heavy atom. The summed E-state index contributed by atoms with van der Waals surface area (Å²) >= 11 is 0. The third-order valence-electron chi connectivity index (χ3n) is 3.99. The molecule has 0 unspecified atom stereocenters. The molecule has 0 bridgehead atoms. The molecule has 112 valence electrons. The first-order valence-electron chi connectivity index (χ1n) is 7.03. The van der Waals surface area contributed by atoms with Gasteiger partial charge in [-0.15, -0.1) is 0 Å². The third-order valence-corrected chi connectivity index (χ3v) is 3.99. The highest BCUT2D eigenvalue weighted by Crippen LogP contribution is 2.43. The molecule has 1 atom stereocenters. The minimum absolute atomic E-state index is 0.0825. The van der Waals surface area contributed by atoms with E-state index in [9.17, 15) is 4.79 Å². The molecule has 0 saturated carbocycles. The van der Waals surface area contributed by atoms with E-state index in [-0.39, 0.29) is 18.7 Å². The molecule has 22 heavy (non-hydrogen) atoms. The molecule has 0 N–H and O–H groups in total. The zero-order valence-corrected chi connectivity index (χ0v) is 12.0. The van der Waals surface area contributed by atoms with Crippen LogP contribution in [0.5, 0.6) is 23.0 Å². The minimum Gasteiger partial charge on any atom is -0.497 e. The fraction of sp³-hybridized carbons (Fsp3) is 0.235. The average molecular weight is 298 g/mol. The molecule has 0 aliphatic carbocycles. The van der Waals surface area contributed by atoms with Gasteiger partial charge in [-0.05, 0) is 35.9 Å². The van der Waals surface area contributed by atoms with Crippen LogP contribution in [-0.4, -0.2) is 19.9 Å². The quantitative estimate of drug-likeness (QED) is 0.630. The van der Waals surface area contributed by atoms with E-state index in [4.69, 9.17) is 18.9 Å². The van der Waals surface area contributed by atoms with Gasteiger partial charge in [0.1, 0.15) is 11.5 Å². The largest absolute Gasteiger partial charge is 0.497 e. The summed E-state index contributed by atoms with van der Waals surface area (Å²) in [5.74, 6) is 2.44. The summed E-state index contributed by atoms with van der Waals surface area (Å²) in [5.41, 5.74) is 1.94. The first kappa shape index (κ1) is 13.0. The van der Waals surface area contributed by atoms with Crippen molar-refractivity contribution in [1.29, 1.82) is 0 Å². The highest BCUT2D eigenvalue weighted by Gasteiger charge is 2.30. The number of esters is 1. The number of methoxy groups -OCH3 is 1. The first-order chi connectivity index (χ1) is 10.7. The standard InChI is InChI=1S/C17H14O5/c1-19-11-3-5-14-13(7-11)12(8-17(18)22-14)10-2-4-15-16(6-10)21-9-20-15/h2-7,12H,8-9H2,1H3/t12-/m0/s1. The molecule has 0 spiro atoms. The molecular weight excluding hydrogens is 284 g/mol. The van der Waals surface area contributed by atoms with Crippen LogP contribution >= 0.6 is 0 Å². The maximum atomic E-state index is 11.9. The smallest absolute Gasteiger partial charge is 0.312 e. The molecule has 4 rings (SSSR count). The fourth-order valence-corrected chi connectivity index (χ4v) is 2.89. The lowest BCUT2D eigenvalue weighted by Gasteiger charge is -2.25. The molecule has 5 heteroatoms. The van der Waals surface area contributed by atoms with Gasteiger partial charge in [0.15, 0.2) is 11.5 Å². The van der Waals surface area contributed by atoms with E-state index in [1.807, 2.05) is 24.3 Å². The number of carbonyl (C=O) groups is 1. The van der Waals surface area contributed by atoms with E-state index < -0.39 is 0 Å². The van der Waals surface area contributed by atoms with Crippen molar-refractivity contribution in [3.05, 3.63) is 47.5 Å². The first-order valence-corrected chi connectivity index (χ1v) is 7.03. The molecule has 2 aromatic rings. The molecular formula is C17H14O5. The molecule has 0 radical (unpaired) electrons. The summed E-state index contributed by atoms with van der Waals surface area (Å²) in [6.07, 6.45) is 0.291. The molecule has 2 aromatic carbocycles. The monoisotopic (exact) mass is 298 g/mol. The van der Waals surface area contributed by atoms with Crippen molar-refractivity contribution in [2.24, 2.45) is 0 Å². The van der Waals surface area contributed by atoms with E-state index in [1.165, 1.54) is 0 Å². The summed E-state index contributed by atoms with van der Waals surface area (Å²) in [4.78, 5) is 11.9. The van der Waals surface area contributed by atoms with Crippen LogP contribution in [0.2, 0.25) is 0 Å². The Balaban J connectivity index is 1.80. The van der Waals surface area contributed by atoms with Crippen molar-refractivity contribution >= 4 is 5.97 Å². The lowest BCUT2D eigenvalue weighted by atomic mass is 9.86. The van der Waals surface area contributed by atoms with Crippen molar-refractivity contribution in [2.45, 2.75) is 12.3 Å². The van der Waals surface area contributed by atoms with Gasteiger partial charge >= 0.3 is 5.97 Å². The normalized spacial score (nSPS) is 18.6. The van der Waals surface area contributed by atoms with Crippen LogP contribution in [0.4, 0.5) is 0 Å². The molecule has 5 nitrogen and oxygen atoms in total. The predicted molar refractivity (Wildman–Crippen MR) is 77.7 cm³/mol. The highest BCUT2D eigenvalue weighted by molar-refractivity contribution is 5.78. The van der Waals surface area contributed by atoms with E-state index in [1.54, 1.807) is 19.2 Å². The van der Waals surface area contributed by atoms with Gasteiger partial charge in [0, 0.05) is 11.5 Å². The SMILES string of the molecule is COc1ccc2c(c1)[C@H](c1ccc3c(c1)OCO3)CC(=O)O2. The van der Waals surface area contributed by atoms with E-state index in [0.717, 1.165) is 22.6 Å². The van der Waals surface area contributed by atoms with Gasteiger partial charge in [0.05, 0.1) is 13.5 Å². The second kappa shape index (κ2) is 4.94. The summed E-state index contributed by atoms with van der Waals surface area (Å²) in [7, 11) is 1.62. The minimum atomic E-state index is -0.236. The molecule has 2 aliphatic heterocycles. The number of rotatable bonds is 2. The van der Waals surface area contributed by atoms with Gasteiger partial charge in [-0.2, -0.15) is 0 Å². The third kappa shape index (κ3) is 2.06. The molecule has 2 heterocycles. The van der Waals surface area contributed by atoms with Crippen molar-refractivity contribution < 1.29 is 23.7 Å². The maximum Gasteiger partial charge on any atom is 0.312 e. The zero-order chi connectivity index (χ0) is 15.1. The van der Waals surface area contributed by atoms with Crippen LogP contribution in [0.25, 0.3) is 0 Å². The molecule has 0 fully saturated rings. The van der Waals surface area contributed by atoms with E-state index >= 15 is 0 Å². The number of ether oxygens (including phenoxy) is 4. The van der Waals surface area contributed by atoms with Crippen molar-refractivity contribution in [3.8, 4) is 23.0 Å². The number of fused-ring (bicyclic) bond motifs is 2. The van der Waals surface area contributed by atoms with Crippen LogP contribution in [0.3, 0.4) is 0 Å². The topological polar surface area (TPSA) is 54.0 Å². The Bertz CT molecular complexity index is 753. The van der Waals surface area contributed by atoms with Crippen LogP contribution in [0.15, 0.2) is 36.4 Å². The molecule has 0 amide bonds. The van der Waals surface area contributed by atoms with Gasteiger partial charge in [0.2, 0.25) is 6.79 Å². The Morgan fingerprint density at radius 1 is 1.05 bits per heavy atom. The van der Waals surface area contributed by atoms with E-state index in [0.29, 0.717) is 17.9 Å². The number of hydrogen-bond donors (Lipinski definition) is 0. The predicted octanol–water partition coefficient (Wildman–Crippen LogP) is 2.86. The lowest BCUT2D eigenvalue weighted by Crippen LogP contribution is -2.21. The van der Waals surface area contributed by atoms with Crippen molar-refractivity contribution in [1.82, 2.24) is 0 Å². The second-order valence-corrected chi connectivity index (χ2v) is 5.25. The highest BCUT2D eigenvalue weighted by atomic mass is 16.7. The number of carbonyl (C=O) groups excluding carboxylic acids is 1. The van der Waals surface area contributed by atoms with Gasteiger partial charge in [0.25, 0.3) is 0 Å². The summed E-state index contributed by atoms with van der Waals surface area (Å²) in [6.45, 7) is 0.232. The Hall–Kier alpha value is -2.69. The van der Waals surface area contributed by atoms with Gasteiger partial charge in [-0.3, -0.25) is 4.79 Å². The molecule has 0 aromatic heterocycles. The maximum absolute atomic E-state index is 11.9. The summed E-state index contributed by atoms with van der Waals surface area (Å²) in [5, 5.41) is 0. The fourth-order valence-electron chi connectivity index (χ4n) is 2.89.